The normalized spacial score (nSPS) is 21.0. The molecule has 21 heavy (non-hydrogen) atoms. The fourth-order valence-corrected chi connectivity index (χ4v) is 2.66. The van der Waals surface area contributed by atoms with Crippen molar-refractivity contribution in [2.24, 2.45) is 5.92 Å². The minimum Gasteiger partial charge on any atom is -0.348 e. The van der Waals surface area contributed by atoms with Crippen LogP contribution in [0.25, 0.3) is 0 Å². The van der Waals surface area contributed by atoms with Crippen LogP contribution >= 0.6 is 0 Å². The van der Waals surface area contributed by atoms with Crippen molar-refractivity contribution in [3.8, 4) is 0 Å². The maximum atomic E-state index is 12.5. The smallest absolute Gasteiger partial charge is 0.348 e. The van der Waals surface area contributed by atoms with Gasteiger partial charge in [-0.1, -0.05) is 0 Å². The van der Waals surface area contributed by atoms with Gasteiger partial charge >= 0.3 is 6.18 Å². The number of hydrogen-bond donors (Lipinski definition) is 2. The lowest BCUT2D eigenvalue weighted by atomic mass is 9.93. The lowest BCUT2D eigenvalue weighted by Gasteiger charge is -2.29. The summed E-state index contributed by atoms with van der Waals surface area (Å²) in [7, 11) is 0. The van der Waals surface area contributed by atoms with Crippen LogP contribution in [0.2, 0.25) is 0 Å². The highest BCUT2D eigenvalue weighted by molar-refractivity contribution is 5.92. The standard InChI is InChI=1S/C14H20F3N3O/c1-10(11-4-2-6-18-8-11)19-13(21)12-5-3-7-20(12)9-14(15,16)17/h3,5,7,10-11,18H,2,4,6,8-9H2,1H3,(H,19,21). The van der Waals surface area contributed by atoms with Crippen LogP contribution < -0.4 is 10.6 Å². The van der Waals surface area contributed by atoms with Crippen LogP contribution in [0.4, 0.5) is 13.2 Å². The number of carbonyl (C=O) groups excluding carboxylic acids is 1. The van der Waals surface area contributed by atoms with Gasteiger partial charge in [0.2, 0.25) is 0 Å². The lowest BCUT2D eigenvalue weighted by molar-refractivity contribution is -0.140. The Bertz CT molecular complexity index is 478. The maximum Gasteiger partial charge on any atom is 0.406 e. The second-order valence-corrected chi connectivity index (χ2v) is 5.51. The highest BCUT2D eigenvalue weighted by Gasteiger charge is 2.30. The molecule has 0 bridgehead atoms. The van der Waals surface area contributed by atoms with E-state index in [2.05, 4.69) is 10.6 Å². The number of piperidine rings is 1. The predicted octanol–water partition coefficient (Wildman–Crippen LogP) is 2.17. The zero-order chi connectivity index (χ0) is 15.5. The first-order valence-corrected chi connectivity index (χ1v) is 7.10. The number of amides is 1. The van der Waals surface area contributed by atoms with Gasteiger partial charge in [0.05, 0.1) is 0 Å². The SMILES string of the molecule is CC(NC(=O)c1cccn1CC(F)(F)F)C1CCCNC1. The summed E-state index contributed by atoms with van der Waals surface area (Å²) >= 11 is 0. The van der Waals surface area contributed by atoms with Gasteiger partial charge in [0, 0.05) is 12.2 Å². The molecule has 7 heteroatoms. The summed E-state index contributed by atoms with van der Waals surface area (Å²) in [4.78, 5) is 12.1. The second-order valence-electron chi connectivity index (χ2n) is 5.51. The Morgan fingerprint density at radius 2 is 2.33 bits per heavy atom. The number of aromatic nitrogens is 1. The third-order valence-corrected chi connectivity index (χ3v) is 3.81. The summed E-state index contributed by atoms with van der Waals surface area (Å²) in [5.41, 5.74) is 0.0444. The van der Waals surface area contributed by atoms with Crippen LogP contribution in [0.1, 0.15) is 30.3 Å². The summed E-state index contributed by atoms with van der Waals surface area (Å²) in [6, 6.07) is 2.79. The number of hydrogen-bond acceptors (Lipinski definition) is 2. The molecular weight excluding hydrogens is 283 g/mol. The van der Waals surface area contributed by atoms with Crippen molar-refractivity contribution >= 4 is 5.91 Å². The molecule has 0 radical (unpaired) electrons. The molecule has 2 N–H and O–H groups in total. The molecule has 1 aliphatic rings. The van der Waals surface area contributed by atoms with Crippen LogP contribution in [0.15, 0.2) is 18.3 Å². The molecule has 118 valence electrons. The molecule has 2 rings (SSSR count). The van der Waals surface area contributed by atoms with Crippen molar-refractivity contribution < 1.29 is 18.0 Å². The van der Waals surface area contributed by atoms with Gasteiger partial charge < -0.3 is 15.2 Å². The van der Waals surface area contributed by atoms with Crippen molar-refractivity contribution in [2.45, 2.75) is 38.5 Å². The highest BCUT2D eigenvalue weighted by atomic mass is 19.4. The Hall–Kier alpha value is -1.50. The molecule has 1 aromatic heterocycles. The Balaban J connectivity index is 1.98. The molecule has 2 unspecified atom stereocenters. The van der Waals surface area contributed by atoms with E-state index in [1.165, 1.54) is 18.3 Å². The summed E-state index contributed by atoms with van der Waals surface area (Å²) in [6.45, 7) is 2.55. The largest absolute Gasteiger partial charge is 0.406 e. The average Bonchev–Trinajstić information content (AvgIpc) is 2.85. The van der Waals surface area contributed by atoms with E-state index in [-0.39, 0.29) is 11.7 Å². The van der Waals surface area contributed by atoms with Crippen LogP contribution in [-0.2, 0) is 6.54 Å². The first-order valence-electron chi connectivity index (χ1n) is 7.10. The van der Waals surface area contributed by atoms with Crippen molar-refractivity contribution in [1.29, 1.82) is 0 Å². The van der Waals surface area contributed by atoms with Crippen molar-refractivity contribution in [2.75, 3.05) is 13.1 Å². The first-order chi connectivity index (χ1) is 9.87. The van der Waals surface area contributed by atoms with Crippen LogP contribution in [0.5, 0.6) is 0 Å². The fourth-order valence-electron chi connectivity index (χ4n) is 2.66. The van der Waals surface area contributed by atoms with Gasteiger partial charge in [0.1, 0.15) is 12.2 Å². The third-order valence-electron chi connectivity index (χ3n) is 3.81. The molecule has 1 saturated heterocycles. The van der Waals surface area contributed by atoms with E-state index in [1.807, 2.05) is 6.92 Å². The number of alkyl halides is 3. The fraction of sp³-hybridized carbons (Fsp3) is 0.643. The van der Waals surface area contributed by atoms with Gasteiger partial charge in [-0.2, -0.15) is 13.2 Å². The number of nitrogens with zero attached hydrogens (tertiary/aromatic N) is 1. The molecule has 0 spiro atoms. The van der Waals surface area contributed by atoms with Crippen molar-refractivity contribution in [3.63, 3.8) is 0 Å². The zero-order valence-corrected chi connectivity index (χ0v) is 11.9. The molecule has 0 saturated carbocycles. The molecule has 2 atom stereocenters. The predicted molar refractivity (Wildman–Crippen MR) is 73.0 cm³/mol. The second kappa shape index (κ2) is 6.51. The molecule has 1 fully saturated rings. The molecule has 0 aliphatic carbocycles. The van der Waals surface area contributed by atoms with E-state index >= 15 is 0 Å². The molecule has 1 aliphatic heterocycles. The summed E-state index contributed by atoms with van der Waals surface area (Å²) in [6.07, 6.45) is -1.00. The molecular formula is C14H20F3N3O. The first kappa shape index (κ1) is 15.9. The van der Waals surface area contributed by atoms with Crippen molar-refractivity contribution in [1.82, 2.24) is 15.2 Å². The van der Waals surface area contributed by atoms with Crippen LogP contribution in [0.3, 0.4) is 0 Å². The van der Waals surface area contributed by atoms with E-state index in [0.717, 1.165) is 30.5 Å². The highest BCUT2D eigenvalue weighted by Crippen LogP contribution is 2.19. The van der Waals surface area contributed by atoms with E-state index in [9.17, 15) is 18.0 Å². The maximum absolute atomic E-state index is 12.5. The van der Waals surface area contributed by atoms with E-state index in [0.29, 0.717) is 5.92 Å². The molecule has 2 heterocycles. The Labute approximate surface area is 121 Å². The number of nitrogens with one attached hydrogen (secondary N) is 2. The van der Waals surface area contributed by atoms with Gasteiger partial charge in [0.25, 0.3) is 5.91 Å². The van der Waals surface area contributed by atoms with Crippen molar-refractivity contribution in [3.05, 3.63) is 24.0 Å². The average molecular weight is 303 g/mol. The number of rotatable bonds is 4. The minimum atomic E-state index is -4.34. The van der Waals surface area contributed by atoms with Gasteiger partial charge in [-0.3, -0.25) is 4.79 Å². The van der Waals surface area contributed by atoms with Gasteiger partial charge in [-0.25, -0.2) is 0 Å². The Morgan fingerprint density at radius 3 is 2.95 bits per heavy atom. The van der Waals surface area contributed by atoms with E-state index in [1.54, 1.807) is 0 Å². The third kappa shape index (κ3) is 4.49. The number of carbonyl (C=O) groups is 1. The van der Waals surface area contributed by atoms with Crippen LogP contribution in [0, 0.1) is 5.92 Å². The molecule has 0 aromatic carbocycles. The zero-order valence-electron chi connectivity index (χ0n) is 11.9. The number of halogens is 3. The monoisotopic (exact) mass is 303 g/mol. The Morgan fingerprint density at radius 1 is 1.57 bits per heavy atom. The molecule has 4 nitrogen and oxygen atoms in total. The van der Waals surface area contributed by atoms with E-state index < -0.39 is 18.6 Å². The van der Waals surface area contributed by atoms with E-state index in [4.69, 9.17) is 0 Å². The molecule has 1 amide bonds. The topological polar surface area (TPSA) is 46.1 Å². The Kier molecular flexibility index (Phi) is 4.92. The van der Waals surface area contributed by atoms with Crippen LogP contribution in [-0.4, -0.2) is 35.8 Å². The van der Waals surface area contributed by atoms with Gasteiger partial charge in [-0.05, 0) is 50.9 Å². The quantitative estimate of drug-likeness (QED) is 0.895. The molecule has 1 aromatic rings. The van der Waals surface area contributed by atoms with Gasteiger partial charge in [-0.15, -0.1) is 0 Å². The summed E-state index contributed by atoms with van der Waals surface area (Å²) in [5.74, 6) is -0.143. The lowest BCUT2D eigenvalue weighted by Crippen LogP contribution is -2.45. The summed E-state index contributed by atoms with van der Waals surface area (Å²) in [5, 5.41) is 6.07. The van der Waals surface area contributed by atoms with Gasteiger partial charge in [0.15, 0.2) is 0 Å². The summed E-state index contributed by atoms with van der Waals surface area (Å²) < 4.78 is 38.3. The minimum absolute atomic E-state index is 0.0444.